The summed E-state index contributed by atoms with van der Waals surface area (Å²) < 4.78 is 18.6. The van der Waals surface area contributed by atoms with Gasteiger partial charge < -0.3 is 14.2 Å². The van der Waals surface area contributed by atoms with Crippen molar-refractivity contribution in [2.45, 2.75) is 76.7 Å². The van der Waals surface area contributed by atoms with Crippen molar-refractivity contribution in [1.29, 1.82) is 0 Å². The van der Waals surface area contributed by atoms with Crippen molar-refractivity contribution >= 4 is 6.08 Å². The van der Waals surface area contributed by atoms with Crippen molar-refractivity contribution in [2.75, 3.05) is 7.11 Å². The van der Waals surface area contributed by atoms with E-state index in [1.165, 1.54) is 6.42 Å². The smallest absolute Gasteiger partial charge is 0.201 e. The molecule has 0 amide bonds. The van der Waals surface area contributed by atoms with E-state index in [1.54, 1.807) is 7.11 Å². The van der Waals surface area contributed by atoms with Crippen LogP contribution in [0.3, 0.4) is 0 Å². The first-order valence-corrected chi connectivity index (χ1v) is 11.5. The number of hydrogen-bond donors (Lipinski definition) is 0. The predicted molar refractivity (Wildman–Crippen MR) is 113 cm³/mol. The van der Waals surface area contributed by atoms with Gasteiger partial charge >= 0.3 is 0 Å². The van der Waals surface area contributed by atoms with Gasteiger partial charge in [0.25, 0.3) is 0 Å². The third kappa shape index (κ3) is 3.13. The van der Waals surface area contributed by atoms with E-state index < -0.39 is 11.4 Å². The van der Waals surface area contributed by atoms with Gasteiger partial charge in [0.1, 0.15) is 5.75 Å². The minimum atomic E-state index is -0.712. The predicted octanol–water partition coefficient (Wildman–Crippen LogP) is 5.35. The normalized spacial score (nSPS) is 45.2. The summed E-state index contributed by atoms with van der Waals surface area (Å²) in [6.45, 7) is 6.64. The van der Waals surface area contributed by atoms with Crippen molar-refractivity contribution in [3.63, 3.8) is 0 Å². The Kier molecular flexibility index (Phi) is 5.21. The highest BCUT2D eigenvalue weighted by atomic mass is 17.3. The molecule has 1 saturated carbocycles. The van der Waals surface area contributed by atoms with Gasteiger partial charge in [0.05, 0.1) is 13.2 Å². The van der Waals surface area contributed by atoms with Crippen LogP contribution in [0.2, 0.25) is 0 Å². The van der Waals surface area contributed by atoms with Crippen molar-refractivity contribution in [1.82, 2.24) is 0 Å². The van der Waals surface area contributed by atoms with Gasteiger partial charge in [0.15, 0.2) is 11.9 Å². The quantitative estimate of drug-likeness (QED) is 0.622. The third-order valence-corrected chi connectivity index (χ3v) is 8.10. The Hall–Kier alpha value is -1.40. The van der Waals surface area contributed by atoms with Crippen LogP contribution in [-0.2, 0) is 19.2 Å². The van der Waals surface area contributed by atoms with Crippen LogP contribution in [0.15, 0.2) is 30.3 Å². The molecular weight excluding hydrogens is 380 g/mol. The molecule has 4 aliphatic heterocycles. The topological polar surface area (TPSA) is 46.2 Å². The minimum Gasteiger partial charge on any atom is -0.496 e. The number of rotatable bonds is 4. The summed E-state index contributed by atoms with van der Waals surface area (Å²) in [5.41, 5.74) is 0.608. The number of hydrogen-bond acceptors (Lipinski definition) is 5. The second-order valence-corrected chi connectivity index (χ2v) is 9.82. The molecule has 4 heterocycles. The molecule has 1 aliphatic carbocycles. The number of methoxy groups -OCH3 is 1. The maximum Gasteiger partial charge on any atom is 0.201 e. The molecule has 5 aliphatic rings. The zero-order chi connectivity index (χ0) is 20.9. The van der Waals surface area contributed by atoms with Crippen LogP contribution in [0.25, 0.3) is 6.08 Å². The molecule has 30 heavy (non-hydrogen) atoms. The van der Waals surface area contributed by atoms with Crippen LogP contribution < -0.4 is 4.74 Å². The van der Waals surface area contributed by atoms with Crippen molar-refractivity contribution < 1.29 is 24.0 Å². The molecule has 1 aromatic carbocycles. The molecule has 4 saturated heterocycles. The first kappa shape index (κ1) is 20.5. The largest absolute Gasteiger partial charge is 0.496 e. The van der Waals surface area contributed by atoms with E-state index >= 15 is 0 Å². The SMILES string of the molecule is COc1ccccc1/C=C/C[C@H]1O[C@@H]2O[C@@]3(C)CC[C@H]4[C@H](C)CC[C@@H]([C@H]1C)[C@@]24OO3. The highest BCUT2D eigenvalue weighted by Crippen LogP contribution is 2.60. The van der Waals surface area contributed by atoms with Gasteiger partial charge in [-0.05, 0) is 56.4 Å². The Morgan fingerprint density at radius 2 is 1.93 bits per heavy atom. The van der Waals surface area contributed by atoms with E-state index in [0.717, 1.165) is 37.0 Å². The van der Waals surface area contributed by atoms with E-state index in [0.29, 0.717) is 23.7 Å². The van der Waals surface area contributed by atoms with Crippen molar-refractivity contribution in [3.05, 3.63) is 35.9 Å². The second-order valence-electron chi connectivity index (χ2n) is 9.82. The molecule has 1 spiro atoms. The third-order valence-electron chi connectivity index (χ3n) is 8.10. The maximum absolute atomic E-state index is 6.64. The lowest BCUT2D eigenvalue weighted by Gasteiger charge is -2.60. The monoisotopic (exact) mass is 414 g/mol. The van der Waals surface area contributed by atoms with E-state index in [4.69, 9.17) is 24.0 Å². The lowest BCUT2D eigenvalue weighted by Crippen LogP contribution is -2.70. The first-order chi connectivity index (χ1) is 14.5. The van der Waals surface area contributed by atoms with Gasteiger partial charge in [-0.25, -0.2) is 9.78 Å². The lowest BCUT2D eigenvalue weighted by atomic mass is 9.57. The molecule has 0 N–H and O–H groups in total. The minimum absolute atomic E-state index is 0.0946. The maximum atomic E-state index is 6.64. The van der Waals surface area contributed by atoms with E-state index in [-0.39, 0.29) is 12.4 Å². The molecule has 0 unspecified atom stereocenters. The van der Waals surface area contributed by atoms with E-state index in [9.17, 15) is 0 Å². The van der Waals surface area contributed by atoms with Gasteiger partial charge in [-0.15, -0.1) is 0 Å². The summed E-state index contributed by atoms with van der Waals surface area (Å²) in [5.74, 6) is 1.93. The Morgan fingerprint density at radius 1 is 1.10 bits per heavy atom. The zero-order valence-corrected chi connectivity index (χ0v) is 18.5. The fraction of sp³-hybridized carbons (Fsp3) is 0.680. The van der Waals surface area contributed by atoms with Crippen LogP contribution in [-0.4, -0.2) is 30.9 Å². The Balaban J connectivity index is 1.39. The summed E-state index contributed by atoms with van der Waals surface area (Å²) in [6.07, 6.45) is 9.19. The number of para-hydroxylation sites is 1. The van der Waals surface area contributed by atoms with Gasteiger partial charge in [0.2, 0.25) is 5.79 Å². The van der Waals surface area contributed by atoms with Gasteiger partial charge in [-0.1, -0.05) is 44.2 Å². The zero-order valence-electron chi connectivity index (χ0n) is 18.5. The summed E-state index contributed by atoms with van der Waals surface area (Å²) in [4.78, 5) is 12.1. The summed E-state index contributed by atoms with van der Waals surface area (Å²) >= 11 is 0. The fourth-order valence-electron chi connectivity index (χ4n) is 6.38. The van der Waals surface area contributed by atoms with Crippen molar-refractivity contribution in [2.24, 2.45) is 23.7 Å². The highest BCUT2D eigenvalue weighted by Gasteiger charge is 2.69. The fourth-order valence-corrected chi connectivity index (χ4v) is 6.38. The first-order valence-electron chi connectivity index (χ1n) is 11.5. The average molecular weight is 415 g/mol. The standard InChI is InChI=1S/C25H34O5/c1-16-12-13-20-17(2)21(11-7-9-18-8-5-6-10-22(18)26-4)27-23-25(20)19(16)14-15-24(3,28-23)29-30-25/h5-10,16-17,19-21,23H,11-15H2,1-4H3/b9-7+/t16-,17-,19+,20+,21-,23-,24-,25-/m1/s1. The molecule has 1 aromatic rings. The van der Waals surface area contributed by atoms with Crippen LogP contribution >= 0.6 is 0 Å². The van der Waals surface area contributed by atoms with Gasteiger partial charge in [0, 0.05) is 17.9 Å². The van der Waals surface area contributed by atoms with E-state index in [2.05, 4.69) is 32.1 Å². The molecule has 0 radical (unpaired) electrons. The van der Waals surface area contributed by atoms with Crippen LogP contribution in [0.4, 0.5) is 0 Å². The molecule has 6 rings (SSSR count). The second kappa shape index (κ2) is 7.63. The average Bonchev–Trinajstić information content (AvgIpc) is 2.98. The molecule has 0 aromatic heterocycles. The number of fused-ring (bicyclic) bond motifs is 2. The van der Waals surface area contributed by atoms with Crippen LogP contribution in [0.5, 0.6) is 5.75 Å². The lowest BCUT2D eigenvalue weighted by molar-refractivity contribution is -0.571. The van der Waals surface area contributed by atoms with E-state index in [1.807, 2.05) is 25.1 Å². The molecule has 5 nitrogen and oxygen atoms in total. The molecule has 8 atom stereocenters. The van der Waals surface area contributed by atoms with Crippen LogP contribution in [0, 0.1) is 23.7 Å². The van der Waals surface area contributed by atoms with Gasteiger partial charge in [-0.2, -0.15) is 0 Å². The Morgan fingerprint density at radius 3 is 2.77 bits per heavy atom. The molecule has 5 fully saturated rings. The summed E-state index contributed by atoms with van der Waals surface area (Å²) in [5, 5.41) is 0. The summed E-state index contributed by atoms with van der Waals surface area (Å²) in [7, 11) is 1.71. The Bertz CT molecular complexity index is 808. The van der Waals surface area contributed by atoms with Crippen molar-refractivity contribution in [3.8, 4) is 5.75 Å². The van der Waals surface area contributed by atoms with Crippen LogP contribution in [0.1, 0.15) is 58.4 Å². The molecule has 5 heteroatoms. The highest BCUT2D eigenvalue weighted by molar-refractivity contribution is 5.57. The Labute approximate surface area is 179 Å². The number of benzene rings is 1. The molecular formula is C25H34O5. The summed E-state index contributed by atoms with van der Waals surface area (Å²) in [6, 6.07) is 8.08. The number of ether oxygens (including phenoxy) is 3. The molecule has 164 valence electrons. The molecule has 2 bridgehead atoms. The van der Waals surface area contributed by atoms with Gasteiger partial charge in [-0.3, -0.25) is 0 Å².